The Morgan fingerprint density at radius 1 is 1.10 bits per heavy atom. The van der Waals surface area contributed by atoms with Crippen molar-refractivity contribution in [2.45, 2.75) is 40.0 Å². The molecule has 0 bridgehead atoms. The van der Waals surface area contributed by atoms with E-state index in [0.717, 1.165) is 30.4 Å². The van der Waals surface area contributed by atoms with Crippen LogP contribution >= 0.6 is 7.60 Å². The fourth-order valence-corrected chi connectivity index (χ4v) is 3.57. The molecule has 3 nitrogen and oxygen atoms in total. The Kier molecular flexibility index (Phi) is 7.83. The molecule has 0 heterocycles. The lowest BCUT2D eigenvalue weighted by molar-refractivity contribution is 0.229. The van der Waals surface area contributed by atoms with Gasteiger partial charge in [-0.15, -0.1) is 0 Å². The minimum Gasteiger partial charge on any atom is -0.306 e. The minimum absolute atomic E-state index is 0.379. The smallest absolute Gasteiger partial charge is 0.306 e. The van der Waals surface area contributed by atoms with Crippen LogP contribution in [-0.2, 0) is 13.6 Å². The molecular weight excluding hydrogens is 271 g/mol. The van der Waals surface area contributed by atoms with E-state index in [9.17, 15) is 4.57 Å². The maximum absolute atomic E-state index is 12.6. The van der Waals surface area contributed by atoms with E-state index in [4.69, 9.17) is 9.05 Å². The van der Waals surface area contributed by atoms with E-state index >= 15 is 0 Å². The molecule has 1 aromatic rings. The van der Waals surface area contributed by atoms with Gasteiger partial charge in [-0.25, -0.2) is 0 Å². The van der Waals surface area contributed by atoms with Gasteiger partial charge in [-0.05, 0) is 37.8 Å². The Bertz CT molecular complexity index is 444. The van der Waals surface area contributed by atoms with Gasteiger partial charge in [0.15, 0.2) is 0 Å². The van der Waals surface area contributed by atoms with Crippen LogP contribution < -0.4 is 0 Å². The SMILES string of the molecule is CCCC/C(=C\P(=O)(OCC)OCC)c1ccccc1. The first kappa shape index (κ1) is 17.2. The Balaban J connectivity index is 3.07. The van der Waals surface area contributed by atoms with Crippen LogP contribution in [-0.4, -0.2) is 13.2 Å². The van der Waals surface area contributed by atoms with Crippen molar-refractivity contribution in [1.82, 2.24) is 0 Å². The van der Waals surface area contributed by atoms with Gasteiger partial charge >= 0.3 is 7.60 Å². The summed E-state index contributed by atoms with van der Waals surface area (Å²) < 4.78 is 23.4. The molecule has 0 aliphatic heterocycles. The van der Waals surface area contributed by atoms with Gasteiger partial charge in [-0.2, -0.15) is 0 Å². The lowest BCUT2D eigenvalue weighted by atomic mass is 10.0. The summed E-state index contributed by atoms with van der Waals surface area (Å²) in [6.07, 6.45) is 3.03. The second kappa shape index (κ2) is 9.12. The highest BCUT2D eigenvalue weighted by Gasteiger charge is 2.21. The zero-order valence-electron chi connectivity index (χ0n) is 12.7. The average Bonchev–Trinajstić information content (AvgIpc) is 2.45. The number of hydrogen-bond donors (Lipinski definition) is 0. The zero-order chi connectivity index (χ0) is 14.8. The fraction of sp³-hybridized carbons (Fsp3) is 0.500. The van der Waals surface area contributed by atoms with Crippen molar-refractivity contribution < 1.29 is 13.6 Å². The third-order valence-electron chi connectivity index (χ3n) is 2.88. The van der Waals surface area contributed by atoms with Gasteiger partial charge in [0.1, 0.15) is 0 Å². The molecule has 0 fully saturated rings. The Hall–Kier alpha value is -0.890. The third kappa shape index (κ3) is 5.62. The highest BCUT2D eigenvalue weighted by molar-refractivity contribution is 7.57. The second-order valence-corrected chi connectivity index (χ2v) is 6.35. The van der Waals surface area contributed by atoms with Gasteiger partial charge in [0, 0.05) is 5.82 Å². The summed E-state index contributed by atoms with van der Waals surface area (Å²) in [6.45, 7) is 6.56. The summed E-state index contributed by atoms with van der Waals surface area (Å²) in [5.41, 5.74) is 2.12. The van der Waals surface area contributed by atoms with Crippen molar-refractivity contribution in [2.24, 2.45) is 0 Å². The molecule has 112 valence electrons. The standard InChI is InChI=1S/C16H25O3P/c1-4-7-11-16(15-12-9-8-10-13-15)14-20(17,18-5-2)19-6-3/h8-10,12-14H,4-7,11H2,1-3H3/b16-14+. The first-order valence-corrected chi connectivity index (χ1v) is 8.92. The molecule has 4 heteroatoms. The average molecular weight is 296 g/mol. The summed E-state index contributed by atoms with van der Waals surface area (Å²) in [7, 11) is -3.14. The van der Waals surface area contributed by atoms with Crippen LogP contribution in [0.2, 0.25) is 0 Å². The Morgan fingerprint density at radius 2 is 1.70 bits per heavy atom. The molecule has 20 heavy (non-hydrogen) atoms. The predicted octanol–water partition coefficient (Wildman–Crippen LogP) is 5.48. The van der Waals surface area contributed by atoms with E-state index in [1.165, 1.54) is 0 Å². The van der Waals surface area contributed by atoms with E-state index in [1.807, 2.05) is 44.2 Å². The molecule has 0 atom stereocenters. The molecule has 0 aliphatic carbocycles. The molecule has 0 N–H and O–H groups in total. The number of unbranched alkanes of at least 4 members (excludes halogenated alkanes) is 1. The van der Waals surface area contributed by atoms with Crippen molar-refractivity contribution in [1.29, 1.82) is 0 Å². The van der Waals surface area contributed by atoms with Crippen LogP contribution in [0.5, 0.6) is 0 Å². The minimum atomic E-state index is -3.14. The largest absolute Gasteiger partial charge is 0.354 e. The van der Waals surface area contributed by atoms with Crippen molar-refractivity contribution >= 4 is 13.2 Å². The molecule has 0 radical (unpaired) electrons. The van der Waals surface area contributed by atoms with Crippen LogP contribution in [0, 0.1) is 0 Å². The van der Waals surface area contributed by atoms with Crippen molar-refractivity contribution in [3.05, 3.63) is 41.7 Å². The summed E-state index contributed by atoms with van der Waals surface area (Å²) in [4.78, 5) is 0. The normalized spacial score (nSPS) is 12.7. The highest BCUT2D eigenvalue weighted by Crippen LogP contribution is 2.52. The van der Waals surface area contributed by atoms with Gasteiger partial charge in [0.2, 0.25) is 0 Å². The molecular formula is C16H25O3P. The van der Waals surface area contributed by atoms with Crippen LogP contribution in [0.1, 0.15) is 45.6 Å². The fourth-order valence-electron chi connectivity index (χ4n) is 1.97. The molecule has 0 amide bonds. The van der Waals surface area contributed by atoms with Crippen LogP contribution in [0.3, 0.4) is 0 Å². The van der Waals surface area contributed by atoms with Crippen molar-refractivity contribution in [3.8, 4) is 0 Å². The van der Waals surface area contributed by atoms with Crippen LogP contribution in [0.25, 0.3) is 5.57 Å². The molecule has 0 saturated heterocycles. The number of allylic oxidation sites excluding steroid dienone is 1. The summed E-state index contributed by atoms with van der Waals surface area (Å²) in [5.74, 6) is 1.70. The lowest BCUT2D eigenvalue weighted by Crippen LogP contribution is -1.95. The number of hydrogen-bond acceptors (Lipinski definition) is 3. The quantitative estimate of drug-likeness (QED) is 0.566. The summed E-state index contributed by atoms with van der Waals surface area (Å²) in [6, 6.07) is 10.0. The molecule has 1 aromatic carbocycles. The molecule has 0 saturated carbocycles. The molecule has 0 unspecified atom stereocenters. The van der Waals surface area contributed by atoms with E-state index in [0.29, 0.717) is 13.2 Å². The van der Waals surface area contributed by atoms with Gasteiger partial charge in [-0.1, -0.05) is 43.7 Å². The first-order valence-electron chi connectivity index (χ1n) is 7.31. The zero-order valence-corrected chi connectivity index (χ0v) is 13.6. The van der Waals surface area contributed by atoms with E-state index in [2.05, 4.69) is 6.92 Å². The maximum Gasteiger partial charge on any atom is 0.354 e. The van der Waals surface area contributed by atoms with Crippen LogP contribution in [0.15, 0.2) is 36.1 Å². The maximum atomic E-state index is 12.6. The molecule has 0 aliphatic rings. The van der Waals surface area contributed by atoms with Gasteiger partial charge in [-0.3, -0.25) is 4.57 Å². The van der Waals surface area contributed by atoms with Crippen LogP contribution in [0.4, 0.5) is 0 Å². The van der Waals surface area contributed by atoms with E-state index in [1.54, 1.807) is 5.82 Å². The Morgan fingerprint density at radius 3 is 2.20 bits per heavy atom. The summed E-state index contributed by atoms with van der Waals surface area (Å²) >= 11 is 0. The lowest BCUT2D eigenvalue weighted by Gasteiger charge is -2.16. The molecule has 0 spiro atoms. The topological polar surface area (TPSA) is 35.5 Å². The second-order valence-electron chi connectivity index (χ2n) is 4.50. The first-order chi connectivity index (χ1) is 9.65. The highest BCUT2D eigenvalue weighted by atomic mass is 31.2. The van der Waals surface area contributed by atoms with E-state index < -0.39 is 7.60 Å². The van der Waals surface area contributed by atoms with Gasteiger partial charge < -0.3 is 9.05 Å². The molecule has 0 aromatic heterocycles. The Labute approximate surface area is 122 Å². The number of rotatable bonds is 9. The van der Waals surface area contributed by atoms with Gasteiger partial charge in [0.05, 0.1) is 13.2 Å². The van der Waals surface area contributed by atoms with Crippen molar-refractivity contribution in [3.63, 3.8) is 0 Å². The molecule has 1 rings (SSSR count). The van der Waals surface area contributed by atoms with Crippen molar-refractivity contribution in [2.75, 3.05) is 13.2 Å². The monoisotopic (exact) mass is 296 g/mol. The van der Waals surface area contributed by atoms with E-state index in [-0.39, 0.29) is 0 Å². The predicted molar refractivity (Wildman–Crippen MR) is 84.8 cm³/mol. The number of benzene rings is 1. The van der Waals surface area contributed by atoms with Gasteiger partial charge in [0.25, 0.3) is 0 Å². The summed E-state index contributed by atoms with van der Waals surface area (Å²) in [5, 5.41) is 0. The third-order valence-corrected chi connectivity index (χ3v) is 4.74.